The third kappa shape index (κ3) is 6.61. The van der Waals surface area contributed by atoms with Gasteiger partial charge in [-0.2, -0.15) is 0 Å². The number of unbranched alkanes of at least 4 members (excludes halogenated alkanes) is 2. The van der Waals surface area contributed by atoms with E-state index in [-0.39, 0.29) is 5.75 Å². The first-order chi connectivity index (χ1) is 11.8. The van der Waals surface area contributed by atoms with Crippen LogP contribution in [0, 0.1) is 0 Å². The lowest BCUT2D eigenvalue weighted by Crippen LogP contribution is -2.23. The van der Waals surface area contributed by atoms with Gasteiger partial charge in [0.15, 0.2) is 9.84 Å². The fourth-order valence-corrected chi connectivity index (χ4v) is 4.34. The van der Waals surface area contributed by atoms with Crippen LogP contribution in [0.1, 0.15) is 19.3 Å². The molecule has 5 nitrogen and oxygen atoms in total. The third-order valence-corrected chi connectivity index (χ3v) is 6.32. The molecule has 0 aromatic heterocycles. The van der Waals surface area contributed by atoms with Gasteiger partial charge in [-0.15, -0.1) is 0 Å². The lowest BCUT2D eigenvalue weighted by Gasteiger charge is -2.07. The van der Waals surface area contributed by atoms with Crippen LogP contribution in [-0.2, 0) is 19.9 Å². The highest BCUT2D eigenvalue weighted by molar-refractivity contribution is 7.91. The smallest absolute Gasteiger partial charge is 0.208 e. The summed E-state index contributed by atoms with van der Waals surface area (Å²) in [5.74, 6) is 0.0660. The van der Waals surface area contributed by atoms with Crippen LogP contribution < -0.4 is 4.72 Å². The highest BCUT2D eigenvalue weighted by atomic mass is 32.2. The Hall–Kier alpha value is -1.70. The number of nitrogens with one attached hydrogen (secondary N) is 1. The van der Waals surface area contributed by atoms with Crippen LogP contribution in [0.15, 0.2) is 59.5 Å². The second-order valence-corrected chi connectivity index (χ2v) is 9.88. The second kappa shape index (κ2) is 8.60. The van der Waals surface area contributed by atoms with E-state index in [0.717, 1.165) is 17.4 Å². The zero-order chi connectivity index (χ0) is 18.3. The normalized spacial score (nSPS) is 12.2. The van der Waals surface area contributed by atoms with E-state index in [1.165, 1.54) is 0 Å². The first-order valence-electron chi connectivity index (χ1n) is 8.11. The van der Waals surface area contributed by atoms with Crippen LogP contribution in [0.3, 0.4) is 0 Å². The highest BCUT2D eigenvalue weighted by Gasteiger charge is 2.14. The Morgan fingerprint density at radius 3 is 1.96 bits per heavy atom. The summed E-state index contributed by atoms with van der Waals surface area (Å²) in [6, 6.07) is 16.7. The number of hydrogen-bond donors (Lipinski definition) is 1. The standard InChI is InChI=1S/C18H23NO4S2/c1-24(20,21)19-14-6-3-7-15-25(22,23)18-12-10-17(11-13-18)16-8-4-2-5-9-16/h2,4-5,8-13,19H,3,6-7,14-15H2,1H3. The van der Waals surface area contributed by atoms with Gasteiger partial charge in [-0.3, -0.25) is 0 Å². The Morgan fingerprint density at radius 2 is 1.36 bits per heavy atom. The van der Waals surface area contributed by atoms with Crippen molar-refractivity contribution in [1.29, 1.82) is 0 Å². The molecule has 0 atom stereocenters. The number of sulfonamides is 1. The minimum Gasteiger partial charge on any atom is -0.224 e. The van der Waals surface area contributed by atoms with Crippen molar-refractivity contribution in [3.05, 3.63) is 54.6 Å². The predicted molar refractivity (Wildman–Crippen MR) is 101 cm³/mol. The molecule has 0 bridgehead atoms. The van der Waals surface area contributed by atoms with Crippen molar-refractivity contribution < 1.29 is 16.8 Å². The Labute approximate surface area is 150 Å². The molecule has 0 saturated carbocycles. The van der Waals surface area contributed by atoms with Gasteiger partial charge in [0, 0.05) is 6.54 Å². The molecule has 1 N–H and O–H groups in total. The van der Waals surface area contributed by atoms with Gasteiger partial charge in [-0.05, 0) is 36.1 Å². The summed E-state index contributed by atoms with van der Waals surface area (Å²) in [5.41, 5.74) is 2.02. The number of hydrogen-bond acceptors (Lipinski definition) is 4. The molecule has 0 spiro atoms. The van der Waals surface area contributed by atoms with Gasteiger partial charge in [-0.1, -0.05) is 48.9 Å². The van der Waals surface area contributed by atoms with Gasteiger partial charge < -0.3 is 0 Å². The van der Waals surface area contributed by atoms with E-state index in [1.54, 1.807) is 12.1 Å². The van der Waals surface area contributed by atoms with E-state index in [2.05, 4.69) is 4.72 Å². The van der Waals surface area contributed by atoms with Gasteiger partial charge in [-0.25, -0.2) is 21.6 Å². The summed E-state index contributed by atoms with van der Waals surface area (Å²) in [6.45, 7) is 0.338. The number of benzene rings is 2. The average molecular weight is 382 g/mol. The summed E-state index contributed by atoms with van der Waals surface area (Å²) in [4.78, 5) is 0.321. The van der Waals surface area contributed by atoms with Gasteiger partial charge in [0.25, 0.3) is 0 Å². The van der Waals surface area contributed by atoms with Crippen LogP contribution in [0.2, 0.25) is 0 Å². The molecule has 0 amide bonds. The van der Waals surface area contributed by atoms with Crippen LogP contribution >= 0.6 is 0 Å². The molecule has 7 heteroatoms. The van der Waals surface area contributed by atoms with Crippen molar-refractivity contribution >= 4 is 19.9 Å². The minimum atomic E-state index is -3.31. The van der Waals surface area contributed by atoms with Crippen molar-refractivity contribution in [2.75, 3.05) is 18.6 Å². The molecule has 2 aromatic rings. The molecule has 0 fully saturated rings. The zero-order valence-electron chi connectivity index (χ0n) is 14.2. The fourth-order valence-electron chi connectivity index (χ4n) is 2.45. The van der Waals surface area contributed by atoms with E-state index >= 15 is 0 Å². The number of rotatable bonds is 9. The molecule has 0 saturated heterocycles. The maximum absolute atomic E-state index is 12.4. The largest absolute Gasteiger partial charge is 0.224 e. The molecule has 0 unspecified atom stereocenters. The van der Waals surface area contributed by atoms with Crippen LogP contribution in [0.4, 0.5) is 0 Å². The molecule has 2 aromatic carbocycles. The molecule has 0 aliphatic heterocycles. The molecule has 0 aliphatic carbocycles. The maximum atomic E-state index is 12.4. The summed E-state index contributed by atoms with van der Waals surface area (Å²) in [5, 5.41) is 0. The average Bonchev–Trinajstić information content (AvgIpc) is 2.58. The lowest BCUT2D eigenvalue weighted by atomic mass is 10.1. The Balaban J connectivity index is 1.87. The molecule has 0 heterocycles. The SMILES string of the molecule is CS(=O)(=O)NCCCCCS(=O)(=O)c1ccc(-c2ccccc2)cc1. The van der Waals surface area contributed by atoms with E-state index in [4.69, 9.17) is 0 Å². The van der Waals surface area contributed by atoms with E-state index in [9.17, 15) is 16.8 Å². The Kier molecular flexibility index (Phi) is 6.75. The van der Waals surface area contributed by atoms with E-state index in [0.29, 0.717) is 30.7 Å². The number of sulfone groups is 1. The van der Waals surface area contributed by atoms with Crippen molar-refractivity contribution in [2.45, 2.75) is 24.2 Å². The molecule has 0 aliphatic rings. The third-order valence-electron chi connectivity index (χ3n) is 3.77. The summed E-state index contributed by atoms with van der Waals surface area (Å²) in [7, 11) is -6.49. The topological polar surface area (TPSA) is 80.3 Å². The van der Waals surface area contributed by atoms with Crippen molar-refractivity contribution in [2.24, 2.45) is 0 Å². The molecular formula is C18H23NO4S2. The lowest BCUT2D eigenvalue weighted by molar-refractivity contribution is 0.577. The first-order valence-corrected chi connectivity index (χ1v) is 11.7. The van der Waals surface area contributed by atoms with E-state index in [1.807, 2.05) is 42.5 Å². The van der Waals surface area contributed by atoms with Crippen LogP contribution in [0.25, 0.3) is 11.1 Å². The van der Waals surface area contributed by atoms with Crippen molar-refractivity contribution in [3.8, 4) is 11.1 Å². The summed E-state index contributed by atoms with van der Waals surface area (Å²) in [6.07, 6.45) is 2.89. The Bertz CT molecular complexity index is 874. The van der Waals surface area contributed by atoms with Gasteiger partial charge in [0.2, 0.25) is 10.0 Å². The minimum absolute atomic E-state index is 0.0660. The summed E-state index contributed by atoms with van der Waals surface area (Å²) >= 11 is 0. The monoisotopic (exact) mass is 381 g/mol. The van der Waals surface area contributed by atoms with Crippen LogP contribution in [0.5, 0.6) is 0 Å². The zero-order valence-corrected chi connectivity index (χ0v) is 15.8. The van der Waals surface area contributed by atoms with Crippen molar-refractivity contribution in [3.63, 3.8) is 0 Å². The van der Waals surface area contributed by atoms with Gasteiger partial charge in [0.05, 0.1) is 16.9 Å². The van der Waals surface area contributed by atoms with Gasteiger partial charge >= 0.3 is 0 Å². The second-order valence-electron chi connectivity index (χ2n) is 5.94. The molecule has 0 radical (unpaired) electrons. The van der Waals surface area contributed by atoms with E-state index < -0.39 is 19.9 Å². The molecule has 136 valence electrons. The van der Waals surface area contributed by atoms with Crippen LogP contribution in [-0.4, -0.2) is 35.4 Å². The van der Waals surface area contributed by atoms with Crippen molar-refractivity contribution in [1.82, 2.24) is 4.72 Å². The fraction of sp³-hybridized carbons (Fsp3) is 0.333. The molecule has 25 heavy (non-hydrogen) atoms. The molecule has 2 rings (SSSR count). The Morgan fingerprint density at radius 1 is 0.760 bits per heavy atom. The highest BCUT2D eigenvalue weighted by Crippen LogP contribution is 2.22. The quantitative estimate of drug-likeness (QED) is 0.677. The van der Waals surface area contributed by atoms with Gasteiger partial charge in [0.1, 0.15) is 0 Å². The molecular weight excluding hydrogens is 358 g/mol. The summed E-state index contributed by atoms with van der Waals surface area (Å²) < 4.78 is 49.0. The first kappa shape index (κ1) is 19.6. The predicted octanol–water partition coefficient (Wildman–Crippen LogP) is 2.85. The maximum Gasteiger partial charge on any atom is 0.208 e.